The lowest BCUT2D eigenvalue weighted by atomic mass is 9.93. The van der Waals surface area contributed by atoms with Crippen LogP contribution in [-0.2, 0) is 24.3 Å². The molecular formula is C30H39ClN4O5. The summed E-state index contributed by atoms with van der Waals surface area (Å²) >= 11 is 0. The average Bonchev–Trinajstić information content (AvgIpc) is 3.25. The zero-order valence-corrected chi connectivity index (χ0v) is 24.0. The molecule has 216 valence electrons. The van der Waals surface area contributed by atoms with Gasteiger partial charge in [0.05, 0.1) is 18.3 Å². The van der Waals surface area contributed by atoms with Gasteiger partial charge in [0.25, 0.3) is 11.8 Å². The van der Waals surface area contributed by atoms with Gasteiger partial charge in [-0.3, -0.25) is 14.4 Å². The Balaban J connectivity index is 0.00000370. The molecule has 3 N–H and O–H groups in total. The predicted molar refractivity (Wildman–Crippen MR) is 154 cm³/mol. The van der Waals surface area contributed by atoms with Gasteiger partial charge in [-0.15, -0.1) is 12.4 Å². The molecule has 2 aromatic carbocycles. The predicted octanol–water partition coefficient (Wildman–Crippen LogP) is 2.53. The molecule has 0 spiro atoms. The van der Waals surface area contributed by atoms with E-state index in [0.29, 0.717) is 55.5 Å². The van der Waals surface area contributed by atoms with Gasteiger partial charge >= 0.3 is 0 Å². The molecule has 2 atom stereocenters. The summed E-state index contributed by atoms with van der Waals surface area (Å²) in [4.78, 5) is 41.8. The Kier molecular flexibility index (Phi) is 9.71. The Bertz CT molecular complexity index is 1250. The number of hydrogen-bond donors (Lipinski definition) is 3. The van der Waals surface area contributed by atoms with E-state index in [1.807, 2.05) is 28.9 Å². The molecule has 2 unspecified atom stereocenters. The van der Waals surface area contributed by atoms with Crippen molar-refractivity contribution < 1.29 is 24.2 Å². The molecule has 0 bridgehead atoms. The van der Waals surface area contributed by atoms with E-state index >= 15 is 0 Å². The summed E-state index contributed by atoms with van der Waals surface area (Å²) in [7, 11) is 0. The standard InChI is InChI=1S/C30H38N4O5.ClH/c1-3-39-28-14-24-23(18-34(30(24)38)17-20-8-10-33(11-9-20)19(2)35)12-25(28)29(37)32-16-27(36)26-13-21-6-4-5-7-22(21)15-31-26;/h4-7,12,14,20,26-27,31,36H,3,8-11,13,15-18H2,1-2H3,(H,32,37);1H. The number of carbonyl (C=O) groups excluding carboxylic acids is 3. The number of aliphatic hydroxyl groups excluding tert-OH is 1. The number of benzene rings is 2. The second-order valence-electron chi connectivity index (χ2n) is 10.8. The van der Waals surface area contributed by atoms with Crippen LogP contribution in [0, 0.1) is 5.92 Å². The second-order valence-corrected chi connectivity index (χ2v) is 10.8. The third-order valence-electron chi connectivity index (χ3n) is 8.22. The fourth-order valence-electron chi connectivity index (χ4n) is 5.93. The minimum atomic E-state index is -0.751. The number of rotatable bonds is 8. The van der Waals surface area contributed by atoms with Gasteiger partial charge in [0.1, 0.15) is 5.75 Å². The van der Waals surface area contributed by atoms with Crippen LogP contribution in [-0.4, -0.2) is 77.6 Å². The van der Waals surface area contributed by atoms with Crippen molar-refractivity contribution in [2.75, 3.05) is 32.8 Å². The highest BCUT2D eigenvalue weighted by atomic mass is 35.5. The normalized spacial score (nSPS) is 19.4. The molecule has 10 heteroatoms. The maximum Gasteiger partial charge on any atom is 0.255 e. The van der Waals surface area contributed by atoms with Crippen molar-refractivity contribution in [1.82, 2.24) is 20.4 Å². The number of piperidine rings is 1. The van der Waals surface area contributed by atoms with E-state index in [2.05, 4.69) is 22.8 Å². The van der Waals surface area contributed by atoms with Gasteiger partial charge in [0, 0.05) is 57.8 Å². The molecule has 2 aromatic rings. The third-order valence-corrected chi connectivity index (χ3v) is 8.22. The van der Waals surface area contributed by atoms with Gasteiger partial charge in [0.2, 0.25) is 5.91 Å². The third kappa shape index (κ3) is 6.43. The number of likely N-dealkylation sites (tertiary alicyclic amines) is 1. The lowest BCUT2D eigenvalue weighted by Gasteiger charge is -2.33. The Morgan fingerprint density at radius 3 is 2.58 bits per heavy atom. The zero-order chi connectivity index (χ0) is 27.5. The van der Waals surface area contributed by atoms with Crippen molar-refractivity contribution in [2.45, 2.75) is 58.3 Å². The zero-order valence-electron chi connectivity index (χ0n) is 23.2. The summed E-state index contributed by atoms with van der Waals surface area (Å²) in [5, 5.41) is 17.1. The van der Waals surface area contributed by atoms with Crippen LogP contribution in [0.4, 0.5) is 0 Å². The highest BCUT2D eigenvalue weighted by Crippen LogP contribution is 2.32. The SMILES string of the molecule is CCOc1cc2c(cc1C(=O)NCC(O)C1Cc3ccccc3CN1)CN(CC1CCN(C(C)=O)CC1)C2=O.Cl. The number of nitrogens with zero attached hydrogens (tertiary/aromatic N) is 2. The Hall–Kier alpha value is -3.14. The van der Waals surface area contributed by atoms with E-state index < -0.39 is 6.10 Å². The number of hydrogen-bond acceptors (Lipinski definition) is 6. The molecular weight excluding hydrogens is 532 g/mol. The molecule has 1 saturated heterocycles. The van der Waals surface area contributed by atoms with Crippen molar-refractivity contribution in [3.63, 3.8) is 0 Å². The number of aliphatic hydroxyl groups is 1. The molecule has 3 aliphatic heterocycles. The van der Waals surface area contributed by atoms with E-state index in [1.54, 1.807) is 19.1 Å². The van der Waals surface area contributed by atoms with Gasteiger partial charge in [-0.2, -0.15) is 0 Å². The molecule has 5 rings (SSSR count). The highest BCUT2D eigenvalue weighted by molar-refractivity contribution is 6.03. The van der Waals surface area contributed by atoms with Crippen LogP contribution in [0.1, 0.15) is 64.1 Å². The molecule has 3 aliphatic rings. The van der Waals surface area contributed by atoms with E-state index in [0.717, 1.165) is 31.5 Å². The largest absolute Gasteiger partial charge is 0.493 e. The Labute approximate surface area is 241 Å². The molecule has 1 fully saturated rings. The Morgan fingerprint density at radius 2 is 1.88 bits per heavy atom. The first kappa shape index (κ1) is 29.8. The van der Waals surface area contributed by atoms with Gasteiger partial charge < -0.3 is 30.3 Å². The molecule has 9 nitrogen and oxygen atoms in total. The maximum absolute atomic E-state index is 13.2. The topological polar surface area (TPSA) is 111 Å². The quantitative estimate of drug-likeness (QED) is 0.450. The second kappa shape index (κ2) is 13.0. The van der Waals surface area contributed by atoms with Crippen LogP contribution < -0.4 is 15.4 Å². The van der Waals surface area contributed by atoms with Crippen molar-refractivity contribution in [3.8, 4) is 5.75 Å². The molecule has 3 heterocycles. The summed E-state index contributed by atoms with van der Waals surface area (Å²) in [6.07, 6.45) is 1.70. The summed E-state index contributed by atoms with van der Waals surface area (Å²) in [6.45, 7) is 7.11. The van der Waals surface area contributed by atoms with E-state index in [1.165, 1.54) is 11.1 Å². The van der Waals surface area contributed by atoms with Crippen LogP contribution in [0.15, 0.2) is 36.4 Å². The lowest BCUT2D eigenvalue weighted by molar-refractivity contribution is -0.130. The summed E-state index contributed by atoms with van der Waals surface area (Å²) in [5.74, 6) is 0.429. The number of amides is 3. The minimum absolute atomic E-state index is 0. The first-order valence-corrected chi connectivity index (χ1v) is 13.9. The van der Waals surface area contributed by atoms with Crippen molar-refractivity contribution in [2.24, 2.45) is 5.92 Å². The van der Waals surface area contributed by atoms with Gasteiger partial charge in [-0.05, 0) is 60.9 Å². The van der Waals surface area contributed by atoms with Gasteiger partial charge in [-0.1, -0.05) is 24.3 Å². The first-order valence-electron chi connectivity index (χ1n) is 13.9. The number of ether oxygens (including phenoxy) is 1. The van der Waals surface area contributed by atoms with Crippen molar-refractivity contribution in [3.05, 3.63) is 64.2 Å². The van der Waals surface area contributed by atoms with Gasteiger partial charge in [0.15, 0.2) is 0 Å². The van der Waals surface area contributed by atoms with Gasteiger partial charge in [-0.25, -0.2) is 0 Å². The monoisotopic (exact) mass is 570 g/mol. The number of halogens is 1. The van der Waals surface area contributed by atoms with Crippen molar-refractivity contribution >= 4 is 30.1 Å². The van der Waals surface area contributed by atoms with E-state index in [-0.39, 0.29) is 42.7 Å². The van der Waals surface area contributed by atoms with Crippen LogP contribution in [0.5, 0.6) is 5.75 Å². The average molecular weight is 571 g/mol. The van der Waals surface area contributed by atoms with E-state index in [9.17, 15) is 19.5 Å². The van der Waals surface area contributed by atoms with E-state index in [4.69, 9.17) is 4.74 Å². The molecule has 0 aromatic heterocycles. The molecule has 0 saturated carbocycles. The van der Waals surface area contributed by atoms with Crippen LogP contribution >= 0.6 is 12.4 Å². The Morgan fingerprint density at radius 1 is 1.15 bits per heavy atom. The highest BCUT2D eigenvalue weighted by Gasteiger charge is 2.33. The molecule has 40 heavy (non-hydrogen) atoms. The minimum Gasteiger partial charge on any atom is -0.493 e. The summed E-state index contributed by atoms with van der Waals surface area (Å²) < 4.78 is 5.77. The van der Waals surface area contributed by atoms with Crippen LogP contribution in [0.25, 0.3) is 0 Å². The fourth-order valence-corrected chi connectivity index (χ4v) is 5.93. The summed E-state index contributed by atoms with van der Waals surface area (Å²) in [5.41, 5.74) is 4.19. The molecule has 0 radical (unpaired) electrons. The fraction of sp³-hybridized carbons (Fsp3) is 0.500. The molecule has 0 aliphatic carbocycles. The van der Waals surface area contributed by atoms with Crippen LogP contribution in [0.2, 0.25) is 0 Å². The molecule has 3 amide bonds. The smallest absolute Gasteiger partial charge is 0.255 e. The number of carbonyl (C=O) groups is 3. The first-order chi connectivity index (χ1) is 18.8. The number of nitrogens with one attached hydrogen (secondary N) is 2. The van der Waals surface area contributed by atoms with Crippen LogP contribution in [0.3, 0.4) is 0 Å². The number of fused-ring (bicyclic) bond motifs is 2. The maximum atomic E-state index is 13.2. The summed E-state index contributed by atoms with van der Waals surface area (Å²) in [6, 6.07) is 11.5. The van der Waals surface area contributed by atoms with Crippen molar-refractivity contribution in [1.29, 1.82) is 0 Å². The lowest BCUT2D eigenvalue weighted by Crippen LogP contribution is -2.49.